The highest BCUT2D eigenvalue weighted by Gasteiger charge is 2.30. The number of aromatic amines is 1. The number of fused-ring (bicyclic) bond motifs is 1. The number of nitrogens with zero attached hydrogens (tertiary/aromatic N) is 1. The maximum absolute atomic E-state index is 13.6. The first-order chi connectivity index (χ1) is 15.8. The van der Waals surface area contributed by atoms with Gasteiger partial charge in [-0.2, -0.15) is 4.31 Å². The van der Waals surface area contributed by atoms with E-state index in [1.807, 2.05) is 26.0 Å². The first kappa shape index (κ1) is 23.4. The summed E-state index contributed by atoms with van der Waals surface area (Å²) >= 11 is 0. The Labute approximate surface area is 193 Å². The van der Waals surface area contributed by atoms with E-state index in [4.69, 9.17) is 14.2 Å². The molecular formula is C24H28N2O6S. The van der Waals surface area contributed by atoms with Crippen molar-refractivity contribution < 1.29 is 22.6 Å². The van der Waals surface area contributed by atoms with Gasteiger partial charge < -0.3 is 19.2 Å². The third kappa shape index (κ3) is 5.11. The highest BCUT2D eigenvalue weighted by Crippen LogP contribution is 2.23. The summed E-state index contributed by atoms with van der Waals surface area (Å²) in [4.78, 5) is 15.9. The molecule has 1 unspecified atom stereocenters. The van der Waals surface area contributed by atoms with Crippen LogP contribution in [0.4, 0.5) is 0 Å². The fourth-order valence-corrected chi connectivity index (χ4v) is 5.29. The van der Waals surface area contributed by atoms with Crippen LogP contribution in [0.5, 0.6) is 5.75 Å². The number of pyridine rings is 1. The Balaban J connectivity index is 1.72. The minimum absolute atomic E-state index is 0.0682. The lowest BCUT2D eigenvalue weighted by atomic mass is 10.0. The van der Waals surface area contributed by atoms with E-state index < -0.39 is 16.1 Å². The summed E-state index contributed by atoms with van der Waals surface area (Å²) < 4.78 is 44.7. The second-order valence-electron chi connectivity index (χ2n) is 8.19. The van der Waals surface area contributed by atoms with Gasteiger partial charge in [-0.1, -0.05) is 0 Å². The summed E-state index contributed by atoms with van der Waals surface area (Å²) in [6, 6.07) is 11.9. The van der Waals surface area contributed by atoms with Gasteiger partial charge in [-0.15, -0.1) is 0 Å². The number of hydrogen-bond acceptors (Lipinski definition) is 6. The van der Waals surface area contributed by atoms with E-state index in [9.17, 15) is 13.2 Å². The van der Waals surface area contributed by atoms with E-state index in [0.29, 0.717) is 31.1 Å². The van der Waals surface area contributed by atoms with Gasteiger partial charge in [0.25, 0.3) is 5.56 Å². The summed E-state index contributed by atoms with van der Waals surface area (Å²) in [6.45, 7) is 5.13. The Hall–Kier alpha value is -2.72. The first-order valence-electron chi connectivity index (χ1n) is 10.7. The molecule has 0 amide bonds. The average Bonchev–Trinajstić information content (AvgIpc) is 2.81. The van der Waals surface area contributed by atoms with E-state index in [1.54, 1.807) is 18.2 Å². The van der Waals surface area contributed by atoms with Crippen LogP contribution in [-0.4, -0.2) is 57.3 Å². The van der Waals surface area contributed by atoms with Gasteiger partial charge in [-0.3, -0.25) is 4.79 Å². The molecule has 0 radical (unpaired) electrons. The lowest BCUT2D eigenvalue weighted by Gasteiger charge is -2.29. The fraction of sp³-hybridized carbons (Fsp3) is 0.375. The van der Waals surface area contributed by atoms with Crippen molar-refractivity contribution in [3.63, 3.8) is 0 Å². The zero-order chi connectivity index (χ0) is 23.6. The Morgan fingerprint density at radius 1 is 1.09 bits per heavy atom. The number of nitrogens with one attached hydrogen (secondary N) is 1. The molecule has 2 heterocycles. The van der Waals surface area contributed by atoms with E-state index in [-0.39, 0.29) is 23.5 Å². The highest BCUT2D eigenvalue weighted by molar-refractivity contribution is 7.89. The largest absolute Gasteiger partial charge is 0.497 e. The van der Waals surface area contributed by atoms with E-state index >= 15 is 0 Å². The molecule has 2 aromatic carbocycles. The van der Waals surface area contributed by atoms with E-state index in [2.05, 4.69) is 4.98 Å². The maximum Gasteiger partial charge on any atom is 0.252 e. The maximum atomic E-state index is 13.6. The number of ether oxygens (including phenoxy) is 3. The van der Waals surface area contributed by atoms with Crippen molar-refractivity contribution in [1.82, 2.24) is 9.29 Å². The Bertz CT molecular complexity index is 1300. The highest BCUT2D eigenvalue weighted by atomic mass is 32.2. The molecule has 9 heteroatoms. The first-order valence-corrected chi connectivity index (χ1v) is 12.2. The molecule has 1 fully saturated rings. The number of aromatic nitrogens is 1. The third-order valence-corrected chi connectivity index (χ3v) is 7.70. The van der Waals surface area contributed by atoms with Crippen molar-refractivity contribution >= 4 is 20.9 Å². The topological polar surface area (TPSA) is 97.9 Å². The molecular weight excluding hydrogens is 444 g/mol. The Morgan fingerprint density at radius 3 is 2.48 bits per heavy atom. The van der Waals surface area contributed by atoms with Crippen molar-refractivity contribution in [1.29, 1.82) is 0 Å². The van der Waals surface area contributed by atoms with Crippen molar-refractivity contribution in [2.24, 2.45) is 0 Å². The smallest absolute Gasteiger partial charge is 0.252 e. The molecule has 4 rings (SSSR count). The van der Waals surface area contributed by atoms with Gasteiger partial charge in [0.15, 0.2) is 0 Å². The van der Waals surface area contributed by atoms with Crippen molar-refractivity contribution in [2.75, 3.05) is 33.5 Å². The standard InChI is InChI=1S/C24H28N2O6S/c1-16-10-18-12-19(24(27)25-23(18)11-17(16)2)13-26(14-21-15-31-8-9-32-21)33(28,29)22-6-4-20(30-3)5-7-22/h4-7,10-12,21H,8-9,13-15H2,1-3H3,(H,25,27). The van der Waals surface area contributed by atoms with Crippen molar-refractivity contribution in [3.8, 4) is 5.75 Å². The molecule has 1 aliphatic heterocycles. The molecule has 0 aliphatic carbocycles. The quantitative estimate of drug-likeness (QED) is 0.568. The predicted molar refractivity (Wildman–Crippen MR) is 125 cm³/mol. The SMILES string of the molecule is COc1ccc(S(=O)(=O)N(Cc2cc3cc(C)c(C)cc3[nH]c2=O)CC2COCCO2)cc1. The minimum Gasteiger partial charge on any atom is -0.497 e. The predicted octanol–water partition coefficient (Wildman–Crippen LogP) is 2.76. The zero-order valence-electron chi connectivity index (χ0n) is 19.0. The Morgan fingerprint density at radius 2 is 1.82 bits per heavy atom. The van der Waals surface area contributed by atoms with Crippen LogP contribution in [0.15, 0.2) is 52.2 Å². The van der Waals surface area contributed by atoms with Crippen LogP contribution in [0.25, 0.3) is 10.9 Å². The molecule has 0 bridgehead atoms. The number of hydrogen-bond donors (Lipinski definition) is 1. The van der Waals surface area contributed by atoms with Crippen LogP contribution in [0, 0.1) is 13.8 Å². The Kier molecular flexibility index (Phi) is 6.85. The van der Waals surface area contributed by atoms with Gasteiger partial charge >= 0.3 is 0 Å². The molecule has 0 saturated carbocycles. The van der Waals surface area contributed by atoms with Gasteiger partial charge in [0.05, 0.1) is 37.9 Å². The molecule has 1 N–H and O–H groups in total. The zero-order valence-corrected chi connectivity index (χ0v) is 19.8. The molecule has 1 saturated heterocycles. The number of sulfonamides is 1. The van der Waals surface area contributed by atoms with Gasteiger partial charge in [-0.05, 0) is 72.8 Å². The lowest BCUT2D eigenvalue weighted by molar-refractivity contribution is -0.0923. The monoisotopic (exact) mass is 472 g/mol. The molecule has 33 heavy (non-hydrogen) atoms. The fourth-order valence-electron chi connectivity index (χ4n) is 3.84. The van der Waals surface area contributed by atoms with Crippen LogP contribution >= 0.6 is 0 Å². The van der Waals surface area contributed by atoms with Gasteiger partial charge in [-0.25, -0.2) is 8.42 Å². The van der Waals surface area contributed by atoms with Gasteiger partial charge in [0, 0.05) is 24.2 Å². The van der Waals surface area contributed by atoms with Gasteiger partial charge in [0.1, 0.15) is 5.75 Å². The number of benzene rings is 2. The van der Waals surface area contributed by atoms with Crippen LogP contribution < -0.4 is 10.3 Å². The number of H-pyrrole nitrogens is 1. The number of rotatable bonds is 7. The molecule has 1 atom stereocenters. The summed E-state index contributed by atoms with van der Waals surface area (Å²) in [5.41, 5.74) is 2.93. The van der Waals surface area contributed by atoms with E-state index in [1.165, 1.54) is 23.5 Å². The van der Waals surface area contributed by atoms with Crippen molar-refractivity contribution in [3.05, 3.63) is 69.5 Å². The summed E-state index contributed by atoms with van der Waals surface area (Å²) in [5.74, 6) is 0.557. The van der Waals surface area contributed by atoms with Crippen LogP contribution in [0.3, 0.4) is 0 Å². The van der Waals surface area contributed by atoms with Crippen LogP contribution in [-0.2, 0) is 26.0 Å². The van der Waals surface area contributed by atoms with Crippen molar-refractivity contribution in [2.45, 2.75) is 31.4 Å². The van der Waals surface area contributed by atoms with Crippen LogP contribution in [0.2, 0.25) is 0 Å². The molecule has 1 aliphatic rings. The number of methoxy groups -OCH3 is 1. The van der Waals surface area contributed by atoms with E-state index in [0.717, 1.165) is 22.0 Å². The average molecular weight is 473 g/mol. The van der Waals surface area contributed by atoms with Crippen LogP contribution in [0.1, 0.15) is 16.7 Å². The van der Waals surface area contributed by atoms with Gasteiger partial charge in [0.2, 0.25) is 10.0 Å². The minimum atomic E-state index is -3.92. The second kappa shape index (κ2) is 9.64. The molecule has 3 aromatic rings. The summed E-state index contributed by atoms with van der Waals surface area (Å²) in [7, 11) is -2.40. The number of aryl methyl sites for hydroxylation is 2. The second-order valence-corrected chi connectivity index (χ2v) is 10.1. The summed E-state index contributed by atoms with van der Waals surface area (Å²) in [6.07, 6.45) is -0.420. The molecule has 176 valence electrons. The summed E-state index contributed by atoms with van der Waals surface area (Å²) in [5, 5.41) is 0.853. The normalized spacial score (nSPS) is 16.9. The molecule has 8 nitrogen and oxygen atoms in total. The molecule has 1 aromatic heterocycles. The lowest BCUT2D eigenvalue weighted by Crippen LogP contribution is -2.43. The molecule has 0 spiro atoms. The third-order valence-electron chi connectivity index (χ3n) is 5.87.